The summed E-state index contributed by atoms with van der Waals surface area (Å²) >= 11 is 0. The van der Waals surface area contributed by atoms with Crippen molar-refractivity contribution in [2.45, 2.75) is 13.0 Å². The Morgan fingerprint density at radius 2 is 2.30 bits per heavy atom. The average Bonchev–Trinajstić information content (AvgIpc) is 2.34. The van der Waals surface area contributed by atoms with Crippen LogP contribution in [0.3, 0.4) is 0 Å². The molecule has 1 aromatic rings. The number of nitrogens with one attached hydrogen (secondary N) is 1. The zero-order valence-electron chi connectivity index (χ0n) is 5.01. The van der Waals surface area contributed by atoms with Crippen LogP contribution in [-0.4, -0.2) is 15.2 Å². The molecular weight excluding hydrogens is 142 g/mol. The topological polar surface area (TPSA) is 67.6 Å². The molecular formula is C4H6F2N4. The van der Waals surface area contributed by atoms with Gasteiger partial charge in [-0.2, -0.15) is 5.10 Å². The summed E-state index contributed by atoms with van der Waals surface area (Å²) in [7, 11) is 0. The Morgan fingerprint density at radius 3 is 2.60 bits per heavy atom. The van der Waals surface area contributed by atoms with E-state index >= 15 is 0 Å². The zero-order valence-corrected chi connectivity index (χ0v) is 5.01. The van der Waals surface area contributed by atoms with E-state index in [1.807, 2.05) is 0 Å². The predicted molar refractivity (Wildman–Crippen MR) is 29.2 cm³/mol. The standard InChI is InChI=1S/C4H6F2N4/c5-3(6)4-8-2(1-7)9-10-4/h3H,1,7H2,(H,8,9,10). The van der Waals surface area contributed by atoms with Crippen molar-refractivity contribution in [3.05, 3.63) is 11.6 Å². The second-order valence-corrected chi connectivity index (χ2v) is 1.65. The highest BCUT2D eigenvalue weighted by Crippen LogP contribution is 2.12. The molecule has 10 heavy (non-hydrogen) atoms. The van der Waals surface area contributed by atoms with Gasteiger partial charge >= 0.3 is 0 Å². The molecule has 1 heterocycles. The highest BCUT2D eigenvalue weighted by Gasteiger charge is 2.12. The molecule has 0 aliphatic rings. The molecule has 3 N–H and O–H groups in total. The van der Waals surface area contributed by atoms with Crippen LogP contribution in [0.4, 0.5) is 8.78 Å². The predicted octanol–water partition coefficient (Wildman–Crippen LogP) is 0.201. The fourth-order valence-electron chi connectivity index (χ4n) is 0.499. The van der Waals surface area contributed by atoms with Gasteiger partial charge in [0.15, 0.2) is 0 Å². The van der Waals surface area contributed by atoms with Crippen LogP contribution >= 0.6 is 0 Å². The first kappa shape index (κ1) is 7.07. The van der Waals surface area contributed by atoms with Gasteiger partial charge in [-0.15, -0.1) is 0 Å². The van der Waals surface area contributed by atoms with Crippen molar-refractivity contribution < 1.29 is 8.78 Å². The van der Waals surface area contributed by atoms with E-state index in [0.29, 0.717) is 0 Å². The molecule has 0 amide bonds. The first-order chi connectivity index (χ1) is 4.74. The lowest BCUT2D eigenvalue weighted by molar-refractivity contribution is 0.140. The van der Waals surface area contributed by atoms with Gasteiger partial charge in [-0.25, -0.2) is 13.8 Å². The van der Waals surface area contributed by atoms with Crippen molar-refractivity contribution in [3.8, 4) is 0 Å². The summed E-state index contributed by atoms with van der Waals surface area (Å²) in [4.78, 5) is 3.39. The third kappa shape index (κ3) is 1.27. The summed E-state index contributed by atoms with van der Waals surface area (Å²) in [6.07, 6.45) is -2.63. The van der Waals surface area contributed by atoms with Gasteiger partial charge in [0.05, 0.1) is 6.54 Å². The minimum atomic E-state index is -2.63. The van der Waals surface area contributed by atoms with Crippen molar-refractivity contribution >= 4 is 0 Å². The summed E-state index contributed by atoms with van der Waals surface area (Å²) in [5, 5.41) is 5.49. The Hall–Kier alpha value is -1.04. The first-order valence-electron chi connectivity index (χ1n) is 2.63. The molecule has 0 spiro atoms. The van der Waals surface area contributed by atoms with E-state index in [1.165, 1.54) is 0 Å². The molecule has 0 aromatic carbocycles. The van der Waals surface area contributed by atoms with Crippen molar-refractivity contribution in [1.82, 2.24) is 15.2 Å². The average molecular weight is 148 g/mol. The van der Waals surface area contributed by atoms with Gasteiger partial charge in [0.1, 0.15) is 5.82 Å². The maximum absolute atomic E-state index is 11.7. The van der Waals surface area contributed by atoms with E-state index in [0.717, 1.165) is 0 Å². The summed E-state index contributed by atoms with van der Waals surface area (Å²) in [6.45, 7) is 0.0969. The summed E-state index contributed by atoms with van der Waals surface area (Å²) < 4.78 is 23.5. The molecule has 6 heteroatoms. The molecule has 1 aromatic heterocycles. The molecule has 0 aliphatic heterocycles. The minimum Gasteiger partial charge on any atom is -0.324 e. The fraction of sp³-hybridized carbons (Fsp3) is 0.500. The Morgan fingerprint density at radius 1 is 1.60 bits per heavy atom. The number of aromatic amines is 1. The number of rotatable bonds is 2. The van der Waals surface area contributed by atoms with E-state index in [9.17, 15) is 8.78 Å². The smallest absolute Gasteiger partial charge is 0.299 e. The molecule has 56 valence electrons. The monoisotopic (exact) mass is 148 g/mol. The van der Waals surface area contributed by atoms with E-state index in [2.05, 4.69) is 15.2 Å². The largest absolute Gasteiger partial charge is 0.324 e. The van der Waals surface area contributed by atoms with E-state index in [1.54, 1.807) is 0 Å². The van der Waals surface area contributed by atoms with Crippen LogP contribution < -0.4 is 5.73 Å². The number of alkyl halides is 2. The van der Waals surface area contributed by atoms with E-state index < -0.39 is 12.2 Å². The molecule has 0 atom stereocenters. The summed E-state index contributed by atoms with van der Waals surface area (Å²) in [5.74, 6) is -0.226. The maximum atomic E-state index is 11.7. The number of aromatic nitrogens is 3. The molecule has 0 saturated heterocycles. The number of hydrogen-bond donors (Lipinski definition) is 2. The number of hydrogen-bond acceptors (Lipinski definition) is 3. The van der Waals surface area contributed by atoms with Crippen molar-refractivity contribution in [2.75, 3.05) is 0 Å². The SMILES string of the molecule is NCc1nc(C(F)F)n[nH]1. The highest BCUT2D eigenvalue weighted by molar-refractivity contribution is 4.90. The Balaban J connectivity index is 2.78. The normalized spacial score (nSPS) is 10.8. The zero-order chi connectivity index (χ0) is 7.56. The summed E-state index contributed by atoms with van der Waals surface area (Å²) in [5.41, 5.74) is 5.08. The molecule has 0 fully saturated rings. The van der Waals surface area contributed by atoms with Crippen LogP contribution in [0.5, 0.6) is 0 Å². The molecule has 0 radical (unpaired) electrons. The van der Waals surface area contributed by atoms with Crippen LogP contribution in [0.15, 0.2) is 0 Å². The lowest BCUT2D eigenvalue weighted by Crippen LogP contribution is -1.98. The van der Waals surface area contributed by atoms with Crippen molar-refractivity contribution in [3.63, 3.8) is 0 Å². The summed E-state index contributed by atoms with van der Waals surface area (Å²) in [6, 6.07) is 0. The third-order valence-electron chi connectivity index (χ3n) is 0.938. The highest BCUT2D eigenvalue weighted by atomic mass is 19.3. The number of halogens is 2. The van der Waals surface area contributed by atoms with Crippen LogP contribution in [0, 0.1) is 0 Å². The molecule has 0 aliphatic carbocycles. The number of H-pyrrole nitrogens is 1. The third-order valence-corrected chi connectivity index (χ3v) is 0.938. The van der Waals surface area contributed by atoms with E-state index in [4.69, 9.17) is 5.73 Å². The second-order valence-electron chi connectivity index (χ2n) is 1.65. The second kappa shape index (κ2) is 2.70. The number of nitrogens with zero attached hydrogens (tertiary/aromatic N) is 2. The Bertz CT molecular complexity index is 209. The molecule has 0 bridgehead atoms. The van der Waals surface area contributed by atoms with Gasteiger partial charge in [-0.1, -0.05) is 0 Å². The molecule has 1 rings (SSSR count). The lowest BCUT2D eigenvalue weighted by Gasteiger charge is -1.85. The van der Waals surface area contributed by atoms with Crippen LogP contribution in [-0.2, 0) is 6.54 Å². The van der Waals surface area contributed by atoms with Crippen molar-refractivity contribution in [2.24, 2.45) is 5.73 Å². The van der Waals surface area contributed by atoms with E-state index in [-0.39, 0.29) is 12.4 Å². The molecule has 0 saturated carbocycles. The lowest BCUT2D eigenvalue weighted by atomic mass is 10.6. The first-order valence-corrected chi connectivity index (χ1v) is 2.63. The fourth-order valence-corrected chi connectivity index (χ4v) is 0.499. The maximum Gasteiger partial charge on any atom is 0.299 e. The van der Waals surface area contributed by atoms with Crippen LogP contribution in [0.2, 0.25) is 0 Å². The molecule has 0 unspecified atom stereocenters. The van der Waals surface area contributed by atoms with Gasteiger partial charge in [0.2, 0.25) is 5.82 Å². The Labute approximate surface area is 55.4 Å². The van der Waals surface area contributed by atoms with Gasteiger partial charge in [-0.3, -0.25) is 5.10 Å². The quantitative estimate of drug-likeness (QED) is 0.629. The van der Waals surface area contributed by atoms with Gasteiger partial charge in [-0.05, 0) is 0 Å². The van der Waals surface area contributed by atoms with Crippen LogP contribution in [0.25, 0.3) is 0 Å². The minimum absolute atomic E-state index is 0.0969. The van der Waals surface area contributed by atoms with Gasteiger partial charge < -0.3 is 5.73 Å². The van der Waals surface area contributed by atoms with Gasteiger partial charge in [0, 0.05) is 0 Å². The molecule has 4 nitrogen and oxygen atoms in total. The van der Waals surface area contributed by atoms with Crippen molar-refractivity contribution in [1.29, 1.82) is 0 Å². The Kier molecular flexibility index (Phi) is 1.91. The number of nitrogens with two attached hydrogens (primary N) is 1. The van der Waals surface area contributed by atoms with Gasteiger partial charge in [0.25, 0.3) is 6.43 Å². The van der Waals surface area contributed by atoms with Crippen LogP contribution in [0.1, 0.15) is 18.1 Å².